The average Bonchev–Trinajstić information content (AvgIpc) is 3.26. The van der Waals surface area contributed by atoms with Gasteiger partial charge in [-0.1, -0.05) is 72.2 Å². The van der Waals surface area contributed by atoms with Crippen molar-refractivity contribution in [3.05, 3.63) is 88.2 Å². The van der Waals surface area contributed by atoms with Crippen LogP contribution < -0.4 is 9.47 Å². The summed E-state index contributed by atoms with van der Waals surface area (Å²) in [6, 6.07) is 17.9. The Kier molecular flexibility index (Phi) is 6.38. The zero-order chi connectivity index (χ0) is 24.8. The molecule has 1 saturated carbocycles. The number of hydrogen-bond acceptors (Lipinski definition) is 6. The molecule has 0 amide bonds. The first-order valence-electron chi connectivity index (χ1n) is 12.1. The van der Waals surface area contributed by atoms with Gasteiger partial charge in [-0.3, -0.25) is 4.98 Å². The number of hydrogen-bond donors (Lipinski definition) is 2. The van der Waals surface area contributed by atoms with Crippen LogP contribution >= 0.6 is 15.9 Å². The summed E-state index contributed by atoms with van der Waals surface area (Å²) in [6.07, 6.45) is 2.05. The van der Waals surface area contributed by atoms with E-state index in [9.17, 15) is 10.2 Å². The number of nitrogens with zero attached hydrogens (tertiary/aromatic N) is 2. The van der Waals surface area contributed by atoms with Crippen LogP contribution in [0.3, 0.4) is 0 Å². The number of pyridine rings is 1. The van der Waals surface area contributed by atoms with E-state index in [1.807, 2.05) is 42.5 Å². The van der Waals surface area contributed by atoms with Crippen LogP contribution in [-0.2, 0) is 11.2 Å². The number of aromatic nitrogens is 1. The van der Waals surface area contributed by atoms with E-state index in [2.05, 4.69) is 51.8 Å². The first-order chi connectivity index (χ1) is 16.9. The number of methoxy groups -OCH3 is 1. The van der Waals surface area contributed by atoms with Gasteiger partial charge in [0.15, 0.2) is 11.2 Å². The van der Waals surface area contributed by atoms with Crippen molar-refractivity contribution in [2.45, 2.75) is 37.1 Å². The van der Waals surface area contributed by atoms with Crippen LogP contribution in [-0.4, -0.2) is 52.9 Å². The van der Waals surface area contributed by atoms with Crippen molar-refractivity contribution in [2.24, 2.45) is 5.92 Å². The number of ether oxygens (including phenoxy) is 2. The zero-order valence-electron chi connectivity index (χ0n) is 20.2. The van der Waals surface area contributed by atoms with E-state index in [4.69, 9.17) is 9.47 Å². The minimum atomic E-state index is -1.76. The van der Waals surface area contributed by atoms with Crippen LogP contribution in [0.15, 0.2) is 71.5 Å². The molecule has 2 aliphatic rings. The molecule has 3 aromatic rings. The van der Waals surface area contributed by atoms with Crippen molar-refractivity contribution in [1.29, 1.82) is 0 Å². The Bertz CT molecular complexity index is 1190. The standard InChI is InChI=1S/C28H31BrN2O4/c1-4-31(5-2)17-21-24(18-9-7-6-8-10-18)28(19-11-13-20(29)14-12-19)27(33,26(21)32)25-22(34-3)15-30-16-23(25)35-28/h6-16,21,24,26,32-33H,4-5,17H2,1-3H3/t21?,24-,26-,27?,28?/m1/s1. The van der Waals surface area contributed by atoms with E-state index >= 15 is 0 Å². The monoisotopic (exact) mass is 538 g/mol. The van der Waals surface area contributed by atoms with Crippen molar-refractivity contribution in [3.63, 3.8) is 0 Å². The Morgan fingerprint density at radius 1 is 1.06 bits per heavy atom. The SMILES string of the molecule is CCN(CC)CC1[C@@H](O)C2(O)c3c(OC)cncc3OC2(c2ccc(Br)cc2)[C@@H]1c1ccccc1. The maximum atomic E-state index is 12.8. The highest BCUT2D eigenvalue weighted by Crippen LogP contribution is 2.69. The van der Waals surface area contributed by atoms with E-state index in [1.165, 1.54) is 0 Å². The van der Waals surface area contributed by atoms with Crippen molar-refractivity contribution < 1.29 is 19.7 Å². The molecule has 7 heteroatoms. The maximum absolute atomic E-state index is 12.8. The second-order valence-electron chi connectivity index (χ2n) is 9.31. The van der Waals surface area contributed by atoms with Crippen LogP contribution in [0.1, 0.15) is 36.5 Å². The highest BCUT2D eigenvalue weighted by Gasteiger charge is 2.76. The summed E-state index contributed by atoms with van der Waals surface area (Å²) in [5, 5.41) is 24.9. The first-order valence-corrected chi connectivity index (χ1v) is 12.9. The second kappa shape index (κ2) is 9.21. The van der Waals surface area contributed by atoms with Crippen LogP contribution in [0, 0.1) is 5.92 Å². The smallest absolute Gasteiger partial charge is 0.177 e. The third-order valence-electron chi connectivity index (χ3n) is 7.81. The molecule has 5 rings (SSSR count). The molecule has 5 atom stereocenters. The lowest BCUT2D eigenvalue weighted by Crippen LogP contribution is -2.52. The average molecular weight is 539 g/mol. The van der Waals surface area contributed by atoms with Gasteiger partial charge in [0, 0.05) is 22.9 Å². The van der Waals surface area contributed by atoms with Gasteiger partial charge in [-0.2, -0.15) is 0 Å². The van der Waals surface area contributed by atoms with Crippen molar-refractivity contribution in [1.82, 2.24) is 9.88 Å². The van der Waals surface area contributed by atoms with Gasteiger partial charge in [-0.15, -0.1) is 0 Å². The highest BCUT2D eigenvalue weighted by molar-refractivity contribution is 9.10. The Morgan fingerprint density at radius 2 is 1.74 bits per heavy atom. The number of halogens is 1. The molecule has 1 aliphatic carbocycles. The normalized spacial score (nSPS) is 29.1. The summed E-state index contributed by atoms with van der Waals surface area (Å²) >= 11 is 3.53. The molecule has 0 radical (unpaired) electrons. The second-order valence-corrected chi connectivity index (χ2v) is 10.2. The highest BCUT2D eigenvalue weighted by atomic mass is 79.9. The minimum absolute atomic E-state index is 0.308. The predicted octanol–water partition coefficient (Wildman–Crippen LogP) is 4.44. The minimum Gasteiger partial charge on any atom is -0.495 e. The quantitative estimate of drug-likeness (QED) is 0.463. The van der Waals surface area contributed by atoms with Gasteiger partial charge in [0.1, 0.15) is 11.5 Å². The van der Waals surface area contributed by atoms with Crippen molar-refractivity contribution in [2.75, 3.05) is 26.7 Å². The van der Waals surface area contributed by atoms with Crippen LogP contribution in [0.4, 0.5) is 0 Å². The van der Waals surface area contributed by atoms with E-state index in [0.717, 1.165) is 28.7 Å². The molecule has 2 heterocycles. The summed E-state index contributed by atoms with van der Waals surface area (Å²) in [5.41, 5.74) is -0.805. The van der Waals surface area contributed by atoms with Gasteiger partial charge in [0.25, 0.3) is 0 Å². The Morgan fingerprint density at radius 3 is 2.37 bits per heavy atom. The number of aliphatic hydroxyl groups excluding tert-OH is 1. The Balaban J connectivity index is 1.83. The fraction of sp³-hybridized carbons (Fsp3) is 0.393. The lowest BCUT2D eigenvalue weighted by Gasteiger charge is -2.41. The first kappa shape index (κ1) is 24.3. The molecule has 1 fully saturated rings. The lowest BCUT2D eigenvalue weighted by molar-refractivity contribution is -0.152. The molecular formula is C28H31BrN2O4. The fourth-order valence-electron chi connectivity index (χ4n) is 6.21. The molecule has 6 nitrogen and oxygen atoms in total. The van der Waals surface area contributed by atoms with E-state index in [0.29, 0.717) is 23.6 Å². The topological polar surface area (TPSA) is 75.1 Å². The van der Waals surface area contributed by atoms with Crippen LogP contribution in [0.2, 0.25) is 0 Å². The molecule has 0 saturated heterocycles. The number of benzene rings is 2. The molecule has 0 bridgehead atoms. The van der Waals surface area contributed by atoms with Gasteiger partial charge >= 0.3 is 0 Å². The van der Waals surface area contributed by atoms with Gasteiger partial charge in [0.05, 0.1) is 31.2 Å². The van der Waals surface area contributed by atoms with Gasteiger partial charge in [-0.25, -0.2) is 0 Å². The fourth-order valence-corrected chi connectivity index (χ4v) is 6.48. The van der Waals surface area contributed by atoms with Gasteiger partial charge in [-0.05, 0) is 36.3 Å². The molecule has 3 unspecified atom stereocenters. The molecular weight excluding hydrogens is 508 g/mol. The largest absolute Gasteiger partial charge is 0.495 e. The molecule has 0 spiro atoms. The molecule has 35 heavy (non-hydrogen) atoms. The molecule has 1 aliphatic heterocycles. The molecule has 184 valence electrons. The maximum Gasteiger partial charge on any atom is 0.177 e. The number of fused-ring (bicyclic) bond motifs is 3. The zero-order valence-corrected chi connectivity index (χ0v) is 21.8. The summed E-state index contributed by atoms with van der Waals surface area (Å²) in [7, 11) is 1.55. The summed E-state index contributed by atoms with van der Waals surface area (Å²) in [6.45, 7) is 6.53. The van der Waals surface area contributed by atoms with Gasteiger partial charge < -0.3 is 24.6 Å². The van der Waals surface area contributed by atoms with E-state index < -0.39 is 17.3 Å². The molecule has 2 aromatic carbocycles. The number of aliphatic hydroxyl groups is 2. The summed E-state index contributed by atoms with van der Waals surface area (Å²) in [4.78, 5) is 6.57. The molecule has 1 aromatic heterocycles. The Labute approximate surface area is 214 Å². The third-order valence-corrected chi connectivity index (χ3v) is 8.34. The van der Waals surface area contributed by atoms with Crippen molar-refractivity contribution in [3.8, 4) is 11.5 Å². The Hall–Kier alpha value is -2.45. The lowest BCUT2D eigenvalue weighted by atomic mass is 9.70. The summed E-state index contributed by atoms with van der Waals surface area (Å²) < 4.78 is 13.4. The van der Waals surface area contributed by atoms with Crippen LogP contribution in [0.25, 0.3) is 0 Å². The third kappa shape index (κ3) is 3.44. The predicted molar refractivity (Wildman–Crippen MR) is 138 cm³/mol. The van der Waals surface area contributed by atoms with Crippen molar-refractivity contribution >= 4 is 15.9 Å². The van der Waals surface area contributed by atoms with E-state index in [1.54, 1.807) is 19.5 Å². The van der Waals surface area contributed by atoms with Crippen LogP contribution in [0.5, 0.6) is 11.5 Å². The summed E-state index contributed by atoms with van der Waals surface area (Å²) in [5.74, 6) is 0.175. The van der Waals surface area contributed by atoms with E-state index in [-0.39, 0.29) is 11.8 Å². The van der Waals surface area contributed by atoms with Gasteiger partial charge in [0.2, 0.25) is 0 Å². The molecule has 2 N–H and O–H groups in total. The number of rotatable bonds is 7.